The topological polar surface area (TPSA) is 62.4 Å². The number of amides is 1. The van der Waals surface area contributed by atoms with Crippen molar-refractivity contribution >= 4 is 22.7 Å². The Morgan fingerprint density at radius 2 is 2.10 bits per heavy atom. The predicted molar refractivity (Wildman–Crippen MR) is 75.8 cm³/mol. The van der Waals surface area contributed by atoms with Crippen molar-refractivity contribution in [1.82, 2.24) is 0 Å². The molecule has 1 heterocycles. The molecule has 2 rings (SSSR count). The minimum atomic E-state index is -0.508. The average molecular weight is 275 g/mol. The van der Waals surface area contributed by atoms with Gasteiger partial charge in [-0.1, -0.05) is 13.0 Å². The molecule has 5 heteroatoms. The fourth-order valence-corrected chi connectivity index (χ4v) is 1.80. The highest BCUT2D eigenvalue weighted by Crippen LogP contribution is 2.22. The summed E-state index contributed by atoms with van der Waals surface area (Å²) in [5.41, 5.74) is 0.703. The van der Waals surface area contributed by atoms with Crippen molar-refractivity contribution in [3.05, 3.63) is 36.5 Å². The molecule has 0 fully saturated rings. The largest absolute Gasteiger partial charge is 0.443 e. The van der Waals surface area contributed by atoms with E-state index in [2.05, 4.69) is 5.32 Å². The van der Waals surface area contributed by atoms with Crippen LogP contribution in [0.25, 0.3) is 10.9 Å². The Hall–Kier alpha value is -2.30. The second-order valence-electron chi connectivity index (χ2n) is 5.22. The minimum absolute atomic E-state index is 0.502. The second-order valence-corrected chi connectivity index (χ2v) is 5.22. The first kappa shape index (κ1) is 14.1. The van der Waals surface area contributed by atoms with E-state index < -0.39 is 11.7 Å². The minimum Gasteiger partial charge on any atom is -0.443 e. The van der Waals surface area contributed by atoms with Crippen LogP contribution in [-0.2, 0) is 4.74 Å². The van der Waals surface area contributed by atoms with Gasteiger partial charge in [0.25, 0.3) is 5.52 Å². The molecule has 0 saturated carbocycles. The van der Waals surface area contributed by atoms with E-state index in [4.69, 9.17) is 4.74 Å². The Balaban J connectivity index is 2.26. The molecule has 0 aliphatic carbocycles. The van der Waals surface area contributed by atoms with Crippen molar-refractivity contribution < 1.29 is 19.5 Å². The van der Waals surface area contributed by atoms with Crippen LogP contribution < -0.4 is 10.0 Å². The summed E-state index contributed by atoms with van der Waals surface area (Å²) < 4.78 is 6.37. The zero-order valence-electron chi connectivity index (χ0n) is 11.9. The van der Waals surface area contributed by atoms with Gasteiger partial charge in [-0.3, -0.25) is 10.5 Å². The molecule has 2 N–H and O–H groups in total. The maximum Gasteiger partial charge on any atom is 0.412 e. The number of hydrogen-bond donors (Lipinski definition) is 2. The Kier molecular flexibility index (Phi) is 3.79. The van der Waals surface area contributed by atoms with E-state index in [1.54, 1.807) is 24.3 Å². The van der Waals surface area contributed by atoms with Crippen LogP contribution in [0.3, 0.4) is 0 Å². The molecule has 1 aromatic carbocycles. The molecule has 0 unspecified atom stereocenters. The van der Waals surface area contributed by atoms with E-state index >= 15 is 0 Å². The number of nitrogens with one attached hydrogen (secondary N) is 1. The predicted octanol–water partition coefficient (Wildman–Crippen LogP) is 3.10. The lowest BCUT2D eigenvalue weighted by Gasteiger charge is -2.23. The van der Waals surface area contributed by atoms with Crippen molar-refractivity contribution in [3.63, 3.8) is 0 Å². The molecule has 0 saturated heterocycles. The lowest BCUT2D eigenvalue weighted by molar-refractivity contribution is -0.884. The number of anilines is 1. The third kappa shape index (κ3) is 2.99. The first-order chi connectivity index (χ1) is 9.43. The monoisotopic (exact) mass is 275 g/mol. The van der Waals surface area contributed by atoms with E-state index in [1.165, 1.54) is 6.20 Å². The summed E-state index contributed by atoms with van der Waals surface area (Å²) in [6.45, 7) is 5.68. The normalized spacial score (nSPS) is 11.3. The van der Waals surface area contributed by atoms with Crippen LogP contribution in [0.1, 0.15) is 27.2 Å². The quantitative estimate of drug-likeness (QED) is 0.668. The molecule has 20 heavy (non-hydrogen) atoms. The van der Waals surface area contributed by atoms with Crippen LogP contribution in [0.15, 0.2) is 36.5 Å². The Morgan fingerprint density at radius 3 is 2.80 bits per heavy atom. The van der Waals surface area contributed by atoms with Gasteiger partial charge in [0.1, 0.15) is 5.60 Å². The molecule has 0 spiro atoms. The summed E-state index contributed by atoms with van der Waals surface area (Å²) in [6.07, 6.45) is 1.76. The molecule has 1 aromatic heterocycles. The lowest BCUT2D eigenvalue weighted by Crippen LogP contribution is -2.31. The lowest BCUT2D eigenvalue weighted by atomic mass is 10.1. The van der Waals surface area contributed by atoms with Gasteiger partial charge in [0.2, 0.25) is 6.20 Å². The molecule has 0 radical (unpaired) electrons. The average Bonchev–Trinajstić information content (AvgIpc) is 2.39. The molecule has 5 nitrogen and oxygen atoms in total. The summed E-state index contributed by atoms with van der Waals surface area (Å²) in [4.78, 5) is 11.9. The van der Waals surface area contributed by atoms with Gasteiger partial charge in [-0.15, -0.1) is 0 Å². The summed E-state index contributed by atoms with van der Waals surface area (Å²) in [7, 11) is 0. The van der Waals surface area contributed by atoms with Gasteiger partial charge in [-0.25, -0.2) is 4.79 Å². The molecule has 0 aliphatic rings. The Bertz CT molecular complexity index is 638. The fraction of sp³-hybridized carbons (Fsp3) is 0.333. The zero-order valence-corrected chi connectivity index (χ0v) is 11.9. The highest BCUT2D eigenvalue weighted by Gasteiger charge is 2.21. The van der Waals surface area contributed by atoms with E-state index in [1.807, 2.05) is 26.8 Å². The Labute approximate surface area is 117 Å². The third-order valence-electron chi connectivity index (χ3n) is 3.28. The number of aromatic nitrogens is 1. The molecular weight excluding hydrogens is 256 g/mol. The summed E-state index contributed by atoms with van der Waals surface area (Å²) in [6, 6.07) is 8.82. The van der Waals surface area contributed by atoms with Crippen LogP contribution in [0.2, 0.25) is 0 Å². The van der Waals surface area contributed by atoms with E-state index in [0.717, 1.165) is 16.5 Å². The number of benzene rings is 1. The number of nitrogens with zero attached hydrogens (tertiary/aromatic N) is 1. The van der Waals surface area contributed by atoms with Crippen molar-refractivity contribution in [3.8, 4) is 0 Å². The summed E-state index contributed by atoms with van der Waals surface area (Å²) in [5.74, 6) is 0. The van der Waals surface area contributed by atoms with Crippen molar-refractivity contribution in [2.24, 2.45) is 0 Å². The van der Waals surface area contributed by atoms with Gasteiger partial charge < -0.3 is 4.74 Å². The van der Waals surface area contributed by atoms with Gasteiger partial charge in [0.05, 0.1) is 11.1 Å². The number of carbonyl (C=O) groups is 1. The summed E-state index contributed by atoms with van der Waals surface area (Å²) in [5, 5.41) is 13.2. The summed E-state index contributed by atoms with van der Waals surface area (Å²) >= 11 is 0. The molecule has 0 bridgehead atoms. The van der Waals surface area contributed by atoms with Crippen molar-refractivity contribution in [2.75, 3.05) is 5.32 Å². The number of carbonyl (C=O) groups excluding carboxylic acids is 1. The first-order valence-electron chi connectivity index (χ1n) is 6.55. The van der Waals surface area contributed by atoms with Crippen molar-refractivity contribution in [2.45, 2.75) is 32.8 Å². The number of pyridine rings is 1. The smallest absolute Gasteiger partial charge is 0.412 e. The van der Waals surface area contributed by atoms with Crippen LogP contribution in [0.4, 0.5) is 10.5 Å². The maximum atomic E-state index is 11.9. The number of ether oxygens (including phenoxy) is 1. The first-order valence-corrected chi connectivity index (χ1v) is 6.55. The number of fused-ring (bicyclic) bond motifs is 1. The van der Waals surface area contributed by atoms with Gasteiger partial charge in [0.15, 0.2) is 0 Å². The standard InChI is InChI=1S/C15H18N2O3/c1-4-15(2,3)20-14(18)16-12-8-5-9-13-11(12)7-6-10-17(13)19/h5-10,19H,4H2,1-3H3/p+1. The van der Waals surface area contributed by atoms with Crippen molar-refractivity contribution in [1.29, 1.82) is 0 Å². The van der Waals surface area contributed by atoms with Crippen LogP contribution in [0, 0.1) is 0 Å². The molecule has 106 valence electrons. The number of hydrogen-bond acceptors (Lipinski definition) is 3. The molecule has 2 aromatic rings. The van der Waals surface area contributed by atoms with Crippen LogP contribution in [-0.4, -0.2) is 16.9 Å². The molecule has 0 aliphatic heterocycles. The SMILES string of the molecule is CCC(C)(C)OC(=O)Nc1cccc2c1ccc[n+]2O. The Morgan fingerprint density at radius 1 is 1.35 bits per heavy atom. The number of rotatable bonds is 3. The van der Waals surface area contributed by atoms with Crippen LogP contribution >= 0.6 is 0 Å². The van der Waals surface area contributed by atoms with Gasteiger partial charge in [-0.05, 0) is 32.4 Å². The highest BCUT2D eigenvalue weighted by atomic mass is 16.6. The van der Waals surface area contributed by atoms with Gasteiger partial charge in [-0.2, -0.15) is 0 Å². The highest BCUT2D eigenvalue weighted by molar-refractivity contribution is 5.97. The van der Waals surface area contributed by atoms with Gasteiger partial charge in [0, 0.05) is 16.9 Å². The van der Waals surface area contributed by atoms with Crippen LogP contribution in [0.5, 0.6) is 0 Å². The molecule has 0 atom stereocenters. The molecule has 1 amide bonds. The molecular formula is C15H19N2O3+. The van der Waals surface area contributed by atoms with Gasteiger partial charge >= 0.3 is 6.09 Å². The van der Waals surface area contributed by atoms with E-state index in [-0.39, 0.29) is 0 Å². The second kappa shape index (κ2) is 5.36. The fourth-order valence-electron chi connectivity index (χ4n) is 1.80. The van der Waals surface area contributed by atoms with E-state index in [0.29, 0.717) is 11.2 Å². The third-order valence-corrected chi connectivity index (χ3v) is 3.28. The zero-order chi connectivity index (χ0) is 14.8. The maximum absolute atomic E-state index is 11.9. The van der Waals surface area contributed by atoms with E-state index in [9.17, 15) is 10.0 Å².